The summed E-state index contributed by atoms with van der Waals surface area (Å²) < 4.78 is 0.393. The van der Waals surface area contributed by atoms with Crippen LogP contribution in [0.2, 0.25) is 0 Å². The highest BCUT2D eigenvalue weighted by atomic mass is 32.1. The minimum atomic E-state index is 0.157. The molecule has 0 bridgehead atoms. The number of aromatic amines is 1. The zero-order chi connectivity index (χ0) is 8.55. The monoisotopic (exact) mass is 180 g/mol. The maximum atomic E-state index is 11.3. The van der Waals surface area contributed by atoms with E-state index in [1.165, 1.54) is 0 Å². The maximum Gasteiger partial charge on any atom is 0.197 e. The molecule has 62 valence electrons. The zero-order valence-corrected chi connectivity index (χ0v) is 7.28. The summed E-state index contributed by atoms with van der Waals surface area (Å²) in [5, 5.41) is 0. The number of aryl methyl sites for hydroxylation is 1. The van der Waals surface area contributed by atoms with Crippen LogP contribution in [-0.2, 0) is 6.42 Å². The van der Waals surface area contributed by atoms with Crippen molar-refractivity contribution < 1.29 is 4.79 Å². The van der Waals surface area contributed by atoms with Gasteiger partial charge in [0.1, 0.15) is 0 Å². The quantitative estimate of drug-likeness (QED) is 0.617. The van der Waals surface area contributed by atoms with Gasteiger partial charge in [0.2, 0.25) is 0 Å². The van der Waals surface area contributed by atoms with E-state index in [1.807, 2.05) is 0 Å². The predicted octanol–water partition coefficient (Wildman–Crippen LogP) is 1.66. The van der Waals surface area contributed by atoms with Crippen molar-refractivity contribution in [3.63, 3.8) is 0 Å². The van der Waals surface area contributed by atoms with Gasteiger partial charge in [0.25, 0.3) is 0 Å². The molecule has 0 amide bonds. The lowest BCUT2D eigenvalue weighted by Gasteiger charge is -2.12. The normalized spacial score (nSPS) is 15.8. The first kappa shape index (κ1) is 7.61. The standard InChI is InChI=1S/C8H8N2OS/c11-6-3-1-2-5-4-9-8(12)10-7(5)6/h4H,1-3H2,(H,9,10,12). The number of aromatic nitrogens is 2. The fourth-order valence-electron chi connectivity index (χ4n) is 1.42. The van der Waals surface area contributed by atoms with Crippen LogP contribution in [0.25, 0.3) is 0 Å². The minimum Gasteiger partial charge on any atom is -0.328 e. The highest BCUT2D eigenvalue weighted by molar-refractivity contribution is 7.71. The van der Waals surface area contributed by atoms with Gasteiger partial charge >= 0.3 is 0 Å². The largest absolute Gasteiger partial charge is 0.328 e. The molecule has 0 atom stereocenters. The van der Waals surface area contributed by atoms with Crippen molar-refractivity contribution in [1.82, 2.24) is 9.97 Å². The molecule has 12 heavy (non-hydrogen) atoms. The summed E-state index contributed by atoms with van der Waals surface area (Å²) in [6.07, 6.45) is 4.19. The smallest absolute Gasteiger partial charge is 0.197 e. The molecule has 0 radical (unpaired) electrons. The zero-order valence-electron chi connectivity index (χ0n) is 6.46. The van der Waals surface area contributed by atoms with Gasteiger partial charge in [-0.25, -0.2) is 4.98 Å². The van der Waals surface area contributed by atoms with Gasteiger partial charge in [-0.1, -0.05) is 0 Å². The molecule has 1 N–H and O–H groups in total. The van der Waals surface area contributed by atoms with E-state index in [0.717, 1.165) is 18.4 Å². The van der Waals surface area contributed by atoms with Crippen molar-refractivity contribution in [3.05, 3.63) is 22.2 Å². The fraction of sp³-hybridized carbons (Fsp3) is 0.375. The number of nitrogens with one attached hydrogen (secondary N) is 1. The summed E-state index contributed by atoms with van der Waals surface area (Å²) in [6, 6.07) is 0. The molecular weight excluding hydrogens is 172 g/mol. The van der Waals surface area contributed by atoms with Crippen LogP contribution in [0.4, 0.5) is 0 Å². The number of carbonyl (C=O) groups excluding carboxylic acids is 1. The van der Waals surface area contributed by atoms with Gasteiger partial charge in [-0.05, 0) is 30.6 Å². The van der Waals surface area contributed by atoms with Crippen LogP contribution in [0.15, 0.2) is 6.20 Å². The van der Waals surface area contributed by atoms with E-state index in [4.69, 9.17) is 12.2 Å². The molecule has 0 spiro atoms. The molecule has 0 aliphatic heterocycles. The van der Waals surface area contributed by atoms with Crippen LogP contribution in [0.3, 0.4) is 0 Å². The van der Waals surface area contributed by atoms with Gasteiger partial charge in [0, 0.05) is 12.6 Å². The Bertz CT molecular complexity index is 383. The van der Waals surface area contributed by atoms with Crippen LogP contribution in [0.5, 0.6) is 0 Å². The van der Waals surface area contributed by atoms with Crippen LogP contribution < -0.4 is 0 Å². The molecule has 1 aliphatic rings. The number of rotatable bonds is 0. The van der Waals surface area contributed by atoms with Crippen molar-refractivity contribution in [2.45, 2.75) is 19.3 Å². The molecule has 0 saturated carbocycles. The summed E-state index contributed by atoms with van der Waals surface area (Å²) in [6.45, 7) is 0. The summed E-state index contributed by atoms with van der Waals surface area (Å²) in [7, 11) is 0. The molecule has 0 aromatic carbocycles. The third-order valence-electron chi connectivity index (χ3n) is 2.02. The van der Waals surface area contributed by atoms with Crippen molar-refractivity contribution in [3.8, 4) is 0 Å². The van der Waals surface area contributed by atoms with E-state index in [0.29, 0.717) is 16.9 Å². The van der Waals surface area contributed by atoms with Crippen molar-refractivity contribution >= 4 is 18.0 Å². The summed E-state index contributed by atoms with van der Waals surface area (Å²) in [5.41, 5.74) is 1.67. The number of ketones is 1. The Labute approximate surface area is 74.8 Å². The number of hydrogen-bond acceptors (Lipinski definition) is 3. The number of carbonyl (C=O) groups is 1. The van der Waals surface area contributed by atoms with Crippen molar-refractivity contribution in [2.24, 2.45) is 0 Å². The van der Waals surface area contributed by atoms with Gasteiger partial charge in [-0.3, -0.25) is 4.79 Å². The Balaban J connectivity index is 2.61. The Morgan fingerprint density at radius 3 is 3.17 bits per heavy atom. The van der Waals surface area contributed by atoms with Crippen LogP contribution in [-0.4, -0.2) is 15.8 Å². The summed E-state index contributed by atoms with van der Waals surface area (Å²) >= 11 is 4.83. The molecule has 1 aromatic heterocycles. The molecule has 1 aliphatic carbocycles. The SMILES string of the molecule is O=C1CCCc2cnc(=S)[nH]c21. The van der Waals surface area contributed by atoms with Crippen LogP contribution in [0.1, 0.15) is 28.9 Å². The van der Waals surface area contributed by atoms with Gasteiger partial charge in [-0.15, -0.1) is 0 Å². The van der Waals surface area contributed by atoms with Gasteiger partial charge in [0.05, 0.1) is 5.69 Å². The lowest BCUT2D eigenvalue weighted by molar-refractivity contribution is 0.0966. The second-order valence-electron chi connectivity index (χ2n) is 2.87. The second kappa shape index (κ2) is 2.79. The van der Waals surface area contributed by atoms with E-state index in [1.54, 1.807) is 6.20 Å². The number of fused-ring (bicyclic) bond motifs is 1. The molecule has 1 aromatic rings. The minimum absolute atomic E-state index is 0.157. The third-order valence-corrected chi connectivity index (χ3v) is 2.23. The molecule has 2 rings (SSSR count). The maximum absolute atomic E-state index is 11.3. The van der Waals surface area contributed by atoms with Crippen LogP contribution >= 0.6 is 12.2 Å². The number of hydrogen-bond donors (Lipinski definition) is 1. The molecule has 0 fully saturated rings. The lowest BCUT2D eigenvalue weighted by Crippen LogP contribution is -2.13. The van der Waals surface area contributed by atoms with E-state index in [-0.39, 0.29) is 5.78 Å². The first-order valence-electron chi connectivity index (χ1n) is 3.89. The van der Waals surface area contributed by atoms with Gasteiger partial charge in [0.15, 0.2) is 10.6 Å². The molecule has 1 heterocycles. The van der Waals surface area contributed by atoms with E-state index < -0.39 is 0 Å². The van der Waals surface area contributed by atoms with Crippen LogP contribution in [0, 0.1) is 4.77 Å². The van der Waals surface area contributed by atoms with Crippen molar-refractivity contribution in [2.75, 3.05) is 0 Å². The Morgan fingerprint density at radius 1 is 1.50 bits per heavy atom. The fourth-order valence-corrected chi connectivity index (χ4v) is 1.58. The summed E-state index contributed by atoms with van der Waals surface area (Å²) in [5.74, 6) is 0.157. The lowest BCUT2D eigenvalue weighted by atomic mass is 9.96. The Kier molecular flexibility index (Phi) is 1.77. The number of nitrogens with zero attached hydrogens (tertiary/aromatic N) is 1. The second-order valence-corrected chi connectivity index (χ2v) is 3.25. The first-order valence-corrected chi connectivity index (χ1v) is 4.29. The van der Waals surface area contributed by atoms with E-state index in [9.17, 15) is 4.79 Å². The van der Waals surface area contributed by atoms with Gasteiger partial charge in [-0.2, -0.15) is 0 Å². The highest BCUT2D eigenvalue weighted by Gasteiger charge is 2.17. The molecule has 0 unspecified atom stereocenters. The van der Waals surface area contributed by atoms with Crippen molar-refractivity contribution in [1.29, 1.82) is 0 Å². The van der Waals surface area contributed by atoms with Gasteiger partial charge < -0.3 is 4.98 Å². The molecule has 4 heteroatoms. The third kappa shape index (κ3) is 1.18. The Hall–Kier alpha value is -1.03. The molecular formula is C8H8N2OS. The van der Waals surface area contributed by atoms with E-state index >= 15 is 0 Å². The van der Waals surface area contributed by atoms with E-state index in [2.05, 4.69) is 9.97 Å². The summed E-state index contributed by atoms with van der Waals surface area (Å²) in [4.78, 5) is 18.1. The topological polar surface area (TPSA) is 45.8 Å². The number of Topliss-reactive ketones (excluding diaryl/α,β-unsaturated/α-hetero) is 1. The molecule has 0 saturated heterocycles. The Morgan fingerprint density at radius 2 is 2.33 bits per heavy atom. The predicted molar refractivity (Wildman–Crippen MR) is 46.7 cm³/mol. The molecule has 3 nitrogen and oxygen atoms in total. The number of H-pyrrole nitrogens is 1. The highest BCUT2D eigenvalue weighted by Crippen LogP contribution is 2.17. The first-order chi connectivity index (χ1) is 5.77. The average molecular weight is 180 g/mol. The average Bonchev–Trinajstić information content (AvgIpc) is 2.07.